The molecule has 0 aromatic heterocycles. The van der Waals surface area contributed by atoms with Gasteiger partial charge >= 0.3 is 0 Å². The summed E-state index contributed by atoms with van der Waals surface area (Å²) < 4.78 is 0. The topological polar surface area (TPSA) is 12.0 Å². The summed E-state index contributed by atoms with van der Waals surface area (Å²) in [6.45, 7) is 1.28. The molecule has 9 heavy (non-hydrogen) atoms. The third-order valence-electron chi connectivity index (χ3n) is 2.54. The Hall–Kier alpha value is -0.0400. The zero-order chi connectivity index (χ0) is 6.10. The fraction of sp³-hybridized carbons (Fsp3) is 1.00. The molecule has 1 aliphatic heterocycles. The van der Waals surface area contributed by atoms with Crippen LogP contribution in [0, 0.1) is 5.92 Å². The SMILES string of the molecule is C1CC[C@@H](C2CC2)NC1. The van der Waals surface area contributed by atoms with Gasteiger partial charge in [0, 0.05) is 6.04 Å². The normalized spacial score (nSPS) is 36.7. The van der Waals surface area contributed by atoms with Gasteiger partial charge in [-0.05, 0) is 38.1 Å². The number of nitrogens with one attached hydrogen (secondary N) is 1. The van der Waals surface area contributed by atoms with Gasteiger partial charge in [0.1, 0.15) is 0 Å². The molecular weight excluding hydrogens is 110 g/mol. The molecule has 1 saturated carbocycles. The molecule has 2 rings (SSSR count). The van der Waals surface area contributed by atoms with E-state index in [9.17, 15) is 0 Å². The highest BCUT2D eigenvalue weighted by Crippen LogP contribution is 2.35. The number of hydrogen-bond acceptors (Lipinski definition) is 1. The maximum atomic E-state index is 3.58. The van der Waals surface area contributed by atoms with Gasteiger partial charge in [0.05, 0.1) is 0 Å². The number of piperidine rings is 1. The van der Waals surface area contributed by atoms with E-state index in [0.717, 1.165) is 12.0 Å². The van der Waals surface area contributed by atoms with Crippen LogP contribution >= 0.6 is 0 Å². The van der Waals surface area contributed by atoms with Crippen molar-refractivity contribution in [1.29, 1.82) is 0 Å². The average Bonchev–Trinajstić information content (AvgIpc) is 2.71. The Morgan fingerprint density at radius 2 is 1.89 bits per heavy atom. The summed E-state index contributed by atoms with van der Waals surface area (Å²) >= 11 is 0. The van der Waals surface area contributed by atoms with Crippen molar-refractivity contribution in [2.24, 2.45) is 5.92 Å². The molecule has 52 valence electrons. The largest absolute Gasteiger partial charge is 0.314 e. The first-order valence-electron chi connectivity index (χ1n) is 4.20. The highest BCUT2D eigenvalue weighted by Gasteiger charge is 2.31. The second kappa shape index (κ2) is 2.30. The van der Waals surface area contributed by atoms with Crippen molar-refractivity contribution in [2.75, 3.05) is 6.54 Å². The van der Waals surface area contributed by atoms with E-state index >= 15 is 0 Å². The molecule has 1 heteroatoms. The van der Waals surface area contributed by atoms with Crippen LogP contribution in [0.15, 0.2) is 0 Å². The lowest BCUT2D eigenvalue weighted by atomic mass is 10.0. The minimum Gasteiger partial charge on any atom is -0.314 e. The first-order valence-corrected chi connectivity index (χ1v) is 4.20. The van der Waals surface area contributed by atoms with Crippen molar-refractivity contribution in [3.8, 4) is 0 Å². The molecule has 0 aromatic carbocycles. The molecule has 0 aromatic rings. The Morgan fingerprint density at radius 3 is 2.44 bits per heavy atom. The maximum Gasteiger partial charge on any atom is 0.00953 e. The van der Waals surface area contributed by atoms with Crippen molar-refractivity contribution in [2.45, 2.75) is 38.1 Å². The molecule has 0 spiro atoms. The van der Waals surface area contributed by atoms with Crippen LogP contribution in [0.4, 0.5) is 0 Å². The summed E-state index contributed by atoms with van der Waals surface area (Å²) in [6.07, 6.45) is 7.32. The minimum atomic E-state index is 0.916. The van der Waals surface area contributed by atoms with E-state index in [2.05, 4.69) is 5.32 Å². The first-order chi connectivity index (χ1) is 4.47. The van der Waals surface area contributed by atoms with E-state index < -0.39 is 0 Å². The van der Waals surface area contributed by atoms with Crippen molar-refractivity contribution in [3.63, 3.8) is 0 Å². The zero-order valence-electron chi connectivity index (χ0n) is 5.90. The van der Waals surface area contributed by atoms with Crippen molar-refractivity contribution >= 4 is 0 Å². The molecule has 0 unspecified atom stereocenters. The predicted octanol–water partition coefficient (Wildman–Crippen LogP) is 1.54. The van der Waals surface area contributed by atoms with Gasteiger partial charge in [-0.1, -0.05) is 6.42 Å². The molecule has 2 aliphatic rings. The van der Waals surface area contributed by atoms with Crippen LogP contribution in [0.3, 0.4) is 0 Å². The highest BCUT2D eigenvalue weighted by molar-refractivity contribution is 4.87. The van der Waals surface area contributed by atoms with Gasteiger partial charge in [0.2, 0.25) is 0 Å². The Bertz CT molecular complexity index is 90.7. The Kier molecular flexibility index (Phi) is 1.46. The second-order valence-electron chi connectivity index (χ2n) is 3.39. The van der Waals surface area contributed by atoms with Crippen LogP contribution in [0.5, 0.6) is 0 Å². The molecule has 1 nitrogen and oxygen atoms in total. The standard InChI is InChI=1S/C8H15N/c1-2-6-9-8(3-1)7-4-5-7/h7-9H,1-6H2/t8-/m0/s1. The third-order valence-corrected chi connectivity index (χ3v) is 2.54. The fourth-order valence-corrected chi connectivity index (χ4v) is 1.78. The molecule has 0 bridgehead atoms. The molecule has 1 heterocycles. The quantitative estimate of drug-likeness (QED) is 0.560. The van der Waals surface area contributed by atoms with Gasteiger partial charge < -0.3 is 5.32 Å². The molecule has 1 atom stereocenters. The number of hydrogen-bond donors (Lipinski definition) is 1. The van der Waals surface area contributed by atoms with Crippen LogP contribution in [0.1, 0.15) is 32.1 Å². The monoisotopic (exact) mass is 125 g/mol. The van der Waals surface area contributed by atoms with E-state index in [-0.39, 0.29) is 0 Å². The van der Waals surface area contributed by atoms with Gasteiger partial charge in [-0.3, -0.25) is 0 Å². The van der Waals surface area contributed by atoms with Crippen LogP contribution in [0.2, 0.25) is 0 Å². The Morgan fingerprint density at radius 1 is 1.00 bits per heavy atom. The summed E-state index contributed by atoms with van der Waals surface area (Å²) in [4.78, 5) is 0. The predicted molar refractivity (Wildman–Crippen MR) is 38.4 cm³/mol. The third kappa shape index (κ3) is 1.26. The molecule has 2 fully saturated rings. The fourth-order valence-electron chi connectivity index (χ4n) is 1.78. The lowest BCUT2D eigenvalue weighted by molar-refractivity contribution is 0.368. The molecule has 0 radical (unpaired) electrons. The smallest absolute Gasteiger partial charge is 0.00953 e. The molecule has 0 amide bonds. The molecule has 1 saturated heterocycles. The summed E-state index contributed by atoms with van der Waals surface area (Å²) in [7, 11) is 0. The molecular formula is C8H15N. The summed E-state index contributed by atoms with van der Waals surface area (Å²) in [5.41, 5.74) is 0. The van der Waals surface area contributed by atoms with Crippen molar-refractivity contribution in [1.82, 2.24) is 5.32 Å². The number of rotatable bonds is 1. The van der Waals surface area contributed by atoms with E-state index in [0.29, 0.717) is 0 Å². The summed E-state index contributed by atoms with van der Waals surface area (Å²) in [5.74, 6) is 1.07. The van der Waals surface area contributed by atoms with Gasteiger partial charge in [-0.25, -0.2) is 0 Å². The van der Waals surface area contributed by atoms with E-state index in [1.165, 1.54) is 38.6 Å². The van der Waals surface area contributed by atoms with E-state index in [1.807, 2.05) is 0 Å². The minimum absolute atomic E-state index is 0.916. The maximum absolute atomic E-state index is 3.58. The average molecular weight is 125 g/mol. The molecule has 1 N–H and O–H groups in total. The lowest BCUT2D eigenvalue weighted by Gasteiger charge is -2.22. The van der Waals surface area contributed by atoms with Gasteiger partial charge in [-0.15, -0.1) is 0 Å². The summed E-state index contributed by atoms with van der Waals surface area (Å²) in [5, 5.41) is 3.58. The van der Waals surface area contributed by atoms with Gasteiger partial charge in [0.25, 0.3) is 0 Å². The first kappa shape index (κ1) is 5.72. The van der Waals surface area contributed by atoms with Crippen molar-refractivity contribution in [3.05, 3.63) is 0 Å². The highest BCUT2D eigenvalue weighted by atomic mass is 14.9. The van der Waals surface area contributed by atoms with Crippen LogP contribution in [0.25, 0.3) is 0 Å². The Balaban J connectivity index is 1.80. The van der Waals surface area contributed by atoms with Crippen molar-refractivity contribution < 1.29 is 0 Å². The zero-order valence-corrected chi connectivity index (χ0v) is 5.90. The molecule has 1 aliphatic carbocycles. The lowest BCUT2D eigenvalue weighted by Crippen LogP contribution is -2.35. The van der Waals surface area contributed by atoms with Crippen LogP contribution in [-0.4, -0.2) is 12.6 Å². The summed E-state index contributed by atoms with van der Waals surface area (Å²) in [6, 6.07) is 0.916. The van der Waals surface area contributed by atoms with Crippen LogP contribution < -0.4 is 5.32 Å². The van der Waals surface area contributed by atoms with Crippen LogP contribution in [-0.2, 0) is 0 Å². The van der Waals surface area contributed by atoms with Gasteiger partial charge in [0.15, 0.2) is 0 Å². The van der Waals surface area contributed by atoms with Gasteiger partial charge in [-0.2, -0.15) is 0 Å². The second-order valence-corrected chi connectivity index (χ2v) is 3.39. The van der Waals surface area contributed by atoms with E-state index in [4.69, 9.17) is 0 Å². The Labute approximate surface area is 56.8 Å². The van der Waals surface area contributed by atoms with E-state index in [1.54, 1.807) is 0 Å².